The second-order valence-electron chi connectivity index (χ2n) is 9.66. The Morgan fingerprint density at radius 2 is 1.84 bits per heavy atom. The molecule has 0 radical (unpaired) electrons. The minimum Gasteiger partial charge on any atom is -0.497 e. The van der Waals surface area contributed by atoms with Crippen molar-refractivity contribution in [2.75, 3.05) is 7.11 Å². The van der Waals surface area contributed by atoms with Crippen LogP contribution in [0.3, 0.4) is 0 Å². The van der Waals surface area contributed by atoms with Crippen LogP contribution >= 0.6 is 0 Å². The van der Waals surface area contributed by atoms with Crippen molar-refractivity contribution in [3.05, 3.63) is 29.3 Å². The Kier molecular flexibility index (Phi) is 4.96. The van der Waals surface area contributed by atoms with Crippen LogP contribution in [0.5, 0.6) is 5.75 Å². The second kappa shape index (κ2) is 6.61. The molecule has 2 aliphatic rings. The van der Waals surface area contributed by atoms with Gasteiger partial charge in [-0.2, -0.15) is 0 Å². The molecule has 0 saturated heterocycles. The monoisotopic (exact) mass is 344 g/mol. The summed E-state index contributed by atoms with van der Waals surface area (Å²) in [6.07, 6.45) is 5.61. The highest BCUT2D eigenvalue weighted by Crippen LogP contribution is 2.61. The summed E-state index contributed by atoms with van der Waals surface area (Å²) in [6, 6.07) is 6.65. The summed E-state index contributed by atoms with van der Waals surface area (Å²) in [7, 11) is 1.75. The molecule has 2 heteroatoms. The minimum absolute atomic E-state index is 0.0235. The predicted molar refractivity (Wildman–Crippen MR) is 104 cm³/mol. The van der Waals surface area contributed by atoms with Gasteiger partial charge in [0.15, 0.2) is 0 Å². The standard InChI is InChI=1S/C23H36O2/c1-15-11-17(13-18(12-15)25-6)14-19-16(2)7-8-20-22(3,4)21(24)9-10-23(19,20)5/h11-13,16,19-21,24H,7-10,14H2,1-6H3. The Morgan fingerprint density at radius 1 is 1.12 bits per heavy atom. The Bertz CT molecular complexity index is 621. The van der Waals surface area contributed by atoms with Crippen molar-refractivity contribution in [3.8, 4) is 5.75 Å². The third kappa shape index (κ3) is 3.23. The molecule has 0 bridgehead atoms. The first-order chi connectivity index (χ1) is 11.7. The molecule has 2 nitrogen and oxygen atoms in total. The first kappa shape index (κ1) is 18.8. The average Bonchev–Trinajstić information content (AvgIpc) is 2.54. The van der Waals surface area contributed by atoms with Gasteiger partial charge in [-0.3, -0.25) is 0 Å². The van der Waals surface area contributed by atoms with Gasteiger partial charge in [-0.15, -0.1) is 0 Å². The topological polar surface area (TPSA) is 29.5 Å². The molecule has 0 amide bonds. The molecule has 140 valence electrons. The summed E-state index contributed by atoms with van der Waals surface area (Å²) in [4.78, 5) is 0. The van der Waals surface area contributed by atoms with Crippen molar-refractivity contribution in [3.63, 3.8) is 0 Å². The Balaban J connectivity index is 1.93. The quantitative estimate of drug-likeness (QED) is 0.796. The number of fused-ring (bicyclic) bond motifs is 1. The molecule has 25 heavy (non-hydrogen) atoms. The lowest BCUT2D eigenvalue weighted by molar-refractivity contribution is -0.148. The summed E-state index contributed by atoms with van der Waals surface area (Å²) >= 11 is 0. The van der Waals surface area contributed by atoms with Gasteiger partial charge >= 0.3 is 0 Å². The lowest BCUT2D eigenvalue weighted by atomic mass is 9.45. The van der Waals surface area contributed by atoms with Crippen LogP contribution in [-0.2, 0) is 6.42 Å². The first-order valence-corrected chi connectivity index (χ1v) is 10.0. The van der Waals surface area contributed by atoms with Crippen LogP contribution in [0.1, 0.15) is 64.5 Å². The number of rotatable bonds is 3. The van der Waals surface area contributed by atoms with Crippen LogP contribution < -0.4 is 4.74 Å². The van der Waals surface area contributed by atoms with E-state index in [1.807, 2.05) is 0 Å². The van der Waals surface area contributed by atoms with Gasteiger partial charge in [-0.05, 0) is 84.5 Å². The highest BCUT2D eigenvalue weighted by atomic mass is 16.5. The summed E-state index contributed by atoms with van der Waals surface area (Å²) in [5.41, 5.74) is 3.02. The second-order valence-corrected chi connectivity index (χ2v) is 9.66. The zero-order valence-electron chi connectivity index (χ0n) is 16.9. The van der Waals surface area contributed by atoms with Crippen LogP contribution in [-0.4, -0.2) is 18.3 Å². The van der Waals surface area contributed by atoms with Gasteiger partial charge in [0.2, 0.25) is 0 Å². The van der Waals surface area contributed by atoms with E-state index in [0.29, 0.717) is 17.3 Å². The van der Waals surface area contributed by atoms with Crippen LogP contribution in [0.4, 0.5) is 0 Å². The number of benzene rings is 1. The number of ether oxygens (including phenoxy) is 1. The van der Waals surface area contributed by atoms with Crippen molar-refractivity contribution in [1.29, 1.82) is 0 Å². The van der Waals surface area contributed by atoms with Gasteiger partial charge in [-0.25, -0.2) is 0 Å². The fraction of sp³-hybridized carbons (Fsp3) is 0.739. The molecule has 0 spiro atoms. The van der Waals surface area contributed by atoms with E-state index in [1.54, 1.807) is 7.11 Å². The molecule has 2 aliphatic carbocycles. The van der Waals surface area contributed by atoms with Gasteiger partial charge in [0, 0.05) is 0 Å². The van der Waals surface area contributed by atoms with Crippen molar-refractivity contribution >= 4 is 0 Å². The lowest BCUT2D eigenvalue weighted by Gasteiger charge is -2.60. The van der Waals surface area contributed by atoms with Gasteiger partial charge in [-0.1, -0.05) is 40.2 Å². The number of hydrogen-bond acceptors (Lipinski definition) is 2. The molecular weight excluding hydrogens is 308 g/mol. The van der Waals surface area contributed by atoms with Gasteiger partial charge in [0.25, 0.3) is 0 Å². The third-order valence-electron chi connectivity index (χ3n) is 7.76. The molecule has 2 fully saturated rings. The van der Waals surface area contributed by atoms with Crippen LogP contribution in [0.2, 0.25) is 0 Å². The van der Waals surface area contributed by atoms with Crippen molar-refractivity contribution < 1.29 is 9.84 Å². The summed E-state index contributed by atoms with van der Waals surface area (Å²) in [5.74, 6) is 2.99. The Labute approximate surface area is 154 Å². The number of aliphatic hydroxyl groups is 1. The fourth-order valence-electron chi connectivity index (χ4n) is 6.25. The van der Waals surface area contributed by atoms with E-state index in [0.717, 1.165) is 30.9 Å². The average molecular weight is 345 g/mol. The van der Waals surface area contributed by atoms with Gasteiger partial charge in [0.1, 0.15) is 5.75 Å². The SMILES string of the molecule is COc1cc(C)cc(CC2C(C)CCC3C(C)(C)C(O)CCC23C)c1. The molecule has 3 rings (SSSR count). The normalized spacial score (nSPS) is 37.4. The van der Waals surface area contributed by atoms with E-state index in [9.17, 15) is 5.11 Å². The van der Waals surface area contributed by atoms with Gasteiger partial charge in [0.05, 0.1) is 13.2 Å². The molecule has 1 aromatic rings. The molecule has 0 aliphatic heterocycles. The molecular formula is C23H36O2. The molecule has 2 saturated carbocycles. The van der Waals surface area contributed by atoms with Crippen LogP contribution in [0.15, 0.2) is 18.2 Å². The highest BCUT2D eigenvalue weighted by Gasteiger charge is 2.56. The van der Waals surface area contributed by atoms with E-state index in [4.69, 9.17) is 4.74 Å². The number of methoxy groups -OCH3 is 1. The van der Waals surface area contributed by atoms with Crippen LogP contribution in [0, 0.1) is 35.5 Å². The van der Waals surface area contributed by atoms with Crippen LogP contribution in [0.25, 0.3) is 0 Å². The predicted octanol–water partition coefficient (Wildman–Crippen LogP) is 5.40. The summed E-state index contributed by atoms with van der Waals surface area (Å²) < 4.78 is 5.50. The maximum absolute atomic E-state index is 10.6. The third-order valence-corrected chi connectivity index (χ3v) is 7.76. The maximum atomic E-state index is 10.6. The van der Waals surface area contributed by atoms with Gasteiger partial charge < -0.3 is 9.84 Å². The van der Waals surface area contributed by atoms with Crippen molar-refractivity contribution in [1.82, 2.24) is 0 Å². The summed E-state index contributed by atoms with van der Waals surface area (Å²) in [6.45, 7) is 11.7. The molecule has 1 N–H and O–H groups in total. The lowest BCUT2D eigenvalue weighted by Crippen LogP contribution is -2.56. The highest BCUT2D eigenvalue weighted by molar-refractivity contribution is 5.34. The van der Waals surface area contributed by atoms with E-state index in [2.05, 4.69) is 52.8 Å². The maximum Gasteiger partial charge on any atom is 0.119 e. The molecule has 0 aromatic heterocycles. The minimum atomic E-state index is -0.154. The Hall–Kier alpha value is -1.02. The van der Waals surface area contributed by atoms with Crippen molar-refractivity contribution in [2.24, 2.45) is 28.6 Å². The summed E-state index contributed by atoms with van der Waals surface area (Å²) in [5, 5.41) is 10.6. The number of aryl methyl sites for hydroxylation is 1. The molecule has 5 atom stereocenters. The Morgan fingerprint density at radius 3 is 2.52 bits per heavy atom. The van der Waals surface area contributed by atoms with E-state index in [-0.39, 0.29) is 11.5 Å². The molecule has 1 aromatic carbocycles. The first-order valence-electron chi connectivity index (χ1n) is 10.0. The zero-order chi connectivity index (χ0) is 18.4. The van der Waals surface area contributed by atoms with Crippen molar-refractivity contribution in [2.45, 2.75) is 72.8 Å². The zero-order valence-corrected chi connectivity index (χ0v) is 16.9. The smallest absolute Gasteiger partial charge is 0.119 e. The van der Waals surface area contributed by atoms with E-state index >= 15 is 0 Å². The largest absolute Gasteiger partial charge is 0.497 e. The van der Waals surface area contributed by atoms with E-state index in [1.165, 1.54) is 24.0 Å². The molecule has 0 heterocycles. The number of aliphatic hydroxyl groups excluding tert-OH is 1. The fourth-order valence-corrected chi connectivity index (χ4v) is 6.25. The van der Waals surface area contributed by atoms with E-state index < -0.39 is 0 Å². The number of hydrogen-bond donors (Lipinski definition) is 1. The molecule has 5 unspecified atom stereocenters.